The highest BCUT2D eigenvalue weighted by molar-refractivity contribution is 7.99. The molecule has 0 unspecified atom stereocenters. The first-order chi connectivity index (χ1) is 18.1. The average Bonchev–Trinajstić information content (AvgIpc) is 3.06. The Hall–Kier alpha value is -3.65. The first-order valence-corrected chi connectivity index (χ1v) is 13.7. The highest BCUT2D eigenvalue weighted by Gasteiger charge is 2.37. The first-order valence-electron chi connectivity index (χ1n) is 12.7. The summed E-state index contributed by atoms with van der Waals surface area (Å²) in [7, 11) is 0. The Labute approximate surface area is 221 Å². The van der Waals surface area contributed by atoms with Gasteiger partial charge in [-0.25, -0.2) is 0 Å². The second-order valence-electron chi connectivity index (χ2n) is 8.87. The molecular formula is C29H30N4O3S. The number of unbranched alkanes of at least 4 members (excludes halogenated alkanes) is 1. The molecule has 5 rings (SSSR count). The fraction of sp³-hybridized carbons (Fsp3) is 0.310. The van der Waals surface area contributed by atoms with Crippen molar-refractivity contribution in [3.05, 3.63) is 66.2 Å². The maximum Gasteiger partial charge on any atom is 0.247 e. The Kier molecular flexibility index (Phi) is 7.55. The van der Waals surface area contributed by atoms with Gasteiger partial charge >= 0.3 is 0 Å². The van der Waals surface area contributed by atoms with Gasteiger partial charge in [-0.2, -0.15) is 4.98 Å². The fourth-order valence-electron chi connectivity index (χ4n) is 4.48. The molecule has 0 aliphatic carbocycles. The standard InChI is InChI=1S/C29H30N4O3S/c1-4-6-18-37-29-30-27-26(31-32-29)22-13-9-10-14-23(22)33(19(3)34)28(36-27)25-21-12-8-7-11-20(21)15-16-24(25)35-17-5-2/h7-16,28H,4-6,17-18H2,1-3H3/t28-/m1/s1. The number of nitrogens with zero attached hydrogens (tertiary/aromatic N) is 4. The van der Waals surface area contributed by atoms with Crippen molar-refractivity contribution in [1.29, 1.82) is 0 Å². The molecule has 0 saturated carbocycles. The van der Waals surface area contributed by atoms with Crippen LogP contribution in [0.5, 0.6) is 11.6 Å². The van der Waals surface area contributed by atoms with Crippen LogP contribution in [-0.2, 0) is 4.79 Å². The number of hydrogen-bond donors (Lipinski definition) is 0. The number of anilines is 1. The van der Waals surface area contributed by atoms with Crippen molar-refractivity contribution in [3.63, 3.8) is 0 Å². The number of aromatic nitrogens is 3. The van der Waals surface area contributed by atoms with Gasteiger partial charge < -0.3 is 9.47 Å². The first kappa shape index (κ1) is 25.0. The molecular weight excluding hydrogens is 484 g/mol. The molecule has 1 atom stereocenters. The zero-order valence-electron chi connectivity index (χ0n) is 21.3. The van der Waals surface area contributed by atoms with Gasteiger partial charge in [0, 0.05) is 18.2 Å². The van der Waals surface area contributed by atoms with E-state index in [1.807, 2.05) is 60.7 Å². The van der Waals surface area contributed by atoms with Gasteiger partial charge in [-0.3, -0.25) is 9.69 Å². The van der Waals surface area contributed by atoms with Crippen molar-refractivity contribution >= 4 is 34.1 Å². The molecule has 4 aromatic rings. The van der Waals surface area contributed by atoms with E-state index in [2.05, 4.69) is 24.0 Å². The molecule has 0 spiro atoms. The summed E-state index contributed by atoms with van der Waals surface area (Å²) in [4.78, 5) is 19.7. The van der Waals surface area contributed by atoms with Gasteiger partial charge in [-0.15, -0.1) is 10.2 Å². The summed E-state index contributed by atoms with van der Waals surface area (Å²) >= 11 is 1.56. The predicted molar refractivity (Wildman–Crippen MR) is 147 cm³/mol. The number of ether oxygens (including phenoxy) is 2. The second kappa shape index (κ2) is 11.2. The molecule has 190 valence electrons. The lowest BCUT2D eigenvalue weighted by atomic mass is 10.0. The number of thioether (sulfide) groups is 1. The highest BCUT2D eigenvalue weighted by atomic mass is 32.2. The molecule has 0 bridgehead atoms. The Balaban J connectivity index is 1.74. The number of carbonyl (C=O) groups excluding carboxylic acids is 1. The van der Waals surface area contributed by atoms with Crippen LogP contribution in [0.4, 0.5) is 5.69 Å². The SMILES string of the molecule is CCCCSc1nnc2c(n1)O[C@H](c1c(OCCC)ccc3ccccc13)N(C(C)=O)c1ccccc1-2. The quantitative estimate of drug-likeness (QED) is 0.189. The molecule has 1 aliphatic rings. The molecule has 1 aliphatic heterocycles. The van der Waals surface area contributed by atoms with Crippen LogP contribution in [0.15, 0.2) is 65.8 Å². The summed E-state index contributed by atoms with van der Waals surface area (Å²) in [5.74, 6) is 1.77. The lowest BCUT2D eigenvalue weighted by Gasteiger charge is -2.31. The molecule has 37 heavy (non-hydrogen) atoms. The smallest absolute Gasteiger partial charge is 0.247 e. The van der Waals surface area contributed by atoms with Gasteiger partial charge in [0.25, 0.3) is 0 Å². The van der Waals surface area contributed by atoms with Crippen LogP contribution >= 0.6 is 11.8 Å². The third-order valence-corrected chi connectivity index (χ3v) is 7.14. The predicted octanol–water partition coefficient (Wildman–Crippen LogP) is 6.82. The van der Waals surface area contributed by atoms with E-state index >= 15 is 0 Å². The molecule has 7 nitrogen and oxygen atoms in total. The van der Waals surface area contributed by atoms with E-state index < -0.39 is 6.23 Å². The van der Waals surface area contributed by atoms with Crippen molar-refractivity contribution in [1.82, 2.24) is 15.2 Å². The number of hydrogen-bond acceptors (Lipinski definition) is 7. The summed E-state index contributed by atoms with van der Waals surface area (Å²) < 4.78 is 12.9. The molecule has 1 aromatic heterocycles. The minimum atomic E-state index is -0.817. The number of fused-ring (bicyclic) bond motifs is 4. The van der Waals surface area contributed by atoms with Gasteiger partial charge in [0.15, 0.2) is 5.69 Å². The van der Waals surface area contributed by atoms with Crippen molar-refractivity contribution in [2.45, 2.75) is 51.4 Å². The lowest BCUT2D eigenvalue weighted by Crippen LogP contribution is -2.36. The van der Waals surface area contributed by atoms with Crippen LogP contribution < -0.4 is 14.4 Å². The summed E-state index contributed by atoms with van der Waals surface area (Å²) in [5.41, 5.74) is 2.73. The van der Waals surface area contributed by atoms with Crippen LogP contribution in [-0.4, -0.2) is 33.4 Å². The molecule has 0 radical (unpaired) electrons. The van der Waals surface area contributed by atoms with E-state index in [1.54, 1.807) is 23.6 Å². The maximum absolute atomic E-state index is 13.3. The summed E-state index contributed by atoms with van der Waals surface area (Å²) in [6.07, 6.45) is 2.19. The fourth-order valence-corrected chi connectivity index (χ4v) is 5.34. The third kappa shape index (κ3) is 4.98. The lowest BCUT2D eigenvalue weighted by molar-refractivity contribution is -0.118. The third-order valence-electron chi connectivity index (χ3n) is 6.22. The van der Waals surface area contributed by atoms with E-state index in [4.69, 9.17) is 14.5 Å². The van der Waals surface area contributed by atoms with Gasteiger partial charge in [-0.05, 0) is 35.7 Å². The second-order valence-corrected chi connectivity index (χ2v) is 9.94. The van der Waals surface area contributed by atoms with E-state index in [0.29, 0.717) is 34.8 Å². The van der Waals surface area contributed by atoms with Gasteiger partial charge in [0.05, 0.1) is 17.9 Å². The maximum atomic E-state index is 13.3. The van der Waals surface area contributed by atoms with Crippen LogP contribution in [0.3, 0.4) is 0 Å². The van der Waals surface area contributed by atoms with Crippen molar-refractivity contribution in [2.24, 2.45) is 0 Å². The van der Waals surface area contributed by atoms with Crippen molar-refractivity contribution in [3.8, 4) is 22.9 Å². The number of benzene rings is 3. The Morgan fingerprint density at radius 3 is 2.65 bits per heavy atom. The zero-order chi connectivity index (χ0) is 25.8. The molecule has 0 fully saturated rings. The van der Waals surface area contributed by atoms with Crippen LogP contribution in [0.2, 0.25) is 0 Å². The minimum absolute atomic E-state index is 0.162. The van der Waals surface area contributed by atoms with Crippen LogP contribution in [0.1, 0.15) is 51.8 Å². The van der Waals surface area contributed by atoms with E-state index in [1.165, 1.54) is 0 Å². The van der Waals surface area contributed by atoms with Crippen molar-refractivity contribution in [2.75, 3.05) is 17.3 Å². The topological polar surface area (TPSA) is 77.4 Å². The molecule has 1 amide bonds. The number of amides is 1. The van der Waals surface area contributed by atoms with Crippen LogP contribution in [0, 0.1) is 0 Å². The molecule has 0 saturated heterocycles. The van der Waals surface area contributed by atoms with E-state index in [0.717, 1.165) is 46.9 Å². The average molecular weight is 515 g/mol. The largest absolute Gasteiger partial charge is 0.493 e. The number of para-hydroxylation sites is 1. The van der Waals surface area contributed by atoms with Gasteiger partial charge in [0.1, 0.15) is 5.75 Å². The monoisotopic (exact) mass is 514 g/mol. The number of rotatable bonds is 8. The number of carbonyl (C=O) groups is 1. The molecule has 2 heterocycles. The molecule has 3 aromatic carbocycles. The van der Waals surface area contributed by atoms with Crippen LogP contribution in [0.25, 0.3) is 22.0 Å². The minimum Gasteiger partial charge on any atom is -0.493 e. The van der Waals surface area contributed by atoms with Gasteiger partial charge in [0.2, 0.25) is 23.2 Å². The van der Waals surface area contributed by atoms with Crippen molar-refractivity contribution < 1.29 is 14.3 Å². The Morgan fingerprint density at radius 2 is 1.84 bits per heavy atom. The summed E-state index contributed by atoms with van der Waals surface area (Å²) in [5, 5.41) is 11.4. The normalized spacial score (nSPS) is 14.5. The van der Waals surface area contributed by atoms with E-state index in [-0.39, 0.29) is 5.91 Å². The molecule has 8 heteroatoms. The Morgan fingerprint density at radius 1 is 1.03 bits per heavy atom. The zero-order valence-corrected chi connectivity index (χ0v) is 22.1. The Bertz CT molecular complexity index is 1430. The molecule has 0 N–H and O–H groups in total. The van der Waals surface area contributed by atoms with Gasteiger partial charge in [-0.1, -0.05) is 80.6 Å². The summed E-state index contributed by atoms with van der Waals surface area (Å²) in [6.45, 7) is 6.32. The summed E-state index contributed by atoms with van der Waals surface area (Å²) in [6, 6.07) is 19.7. The van der Waals surface area contributed by atoms with E-state index in [9.17, 15) is 4.79 Å². The highest BCUT2D eigenvalue weighted by Crippen LogP contribution is 2.46.